The van der Waals surface area contributed by atoms with Crippen LogP contribution in [0.3, 0.4) is 0 Å². The van der Waals surface area contributed by atoms with Crippen LogP contribution in [0.1, 0.15) is 31.5 Å². The van der Waals surface area contributed by atoms with Crippen molar-refractivity contribution in [2.75, 3.05) is 5.73 Å². The lowest BCUT2D eigenvalue weighted by Gasteiger charge is -2.06. The first-order chi connectivity index (χ1) is 9.11. The number of nitrogens with zero attached hydrogens (tertiary/aromatic N) is 2. The van der Waals surface area contributed by atoms with Crippen LogP contribution in [-0.2, 0) is 6.54 Å². The fourth-order valence-corrected chi connectivity index (χ4v) is 2.73. The molecular formula is C14H15Cl2N3. The smallest absolute Gasteiger partial charge is 0.131 e. The number of anilines is 1. The molecule has 0 aliphatic heterocycles. The van der Waals surface area contributed by atoms with E-state index in [0.29, 0.717) is 21.8 Å². The maximum absolute atomic E-state index is 6.24. The number of imidazole rings is 1. The molecule has 0 unspecified atom stereocenters. The molecule has 0 radical (unpaired) electrons. The number of halogens is 2. The standard InChI is InChI=1S/C14H15Cl2N3/c1-2-19-13(17)12(18-14(19)8-3-4-8)10-7-9(15)5-6-11(10)16/h5-8H,2-4,17H2,1H3. The van der Waals surface area contributed by atoms with Gasteiger partial charge in [0.15, 0.2) is 0 Å². The molecule has 1 fully saturated rings. The third kappa shape index (κ3) is 2.21. The summed E-state index contributed by atoms with van der Waals surface area (Å²) in [5, 5.41) is 1.26. The largest absolute Gasteiger partial charge is 0.383 e. The lowest BCUT2D eigenvalue weighted by atomic mass is 10.1. The molecule has 1 aliphatic rings. The van der Waals surface area contributed by atoms with Crippen LogP contribution in [0.2, 0.25) is 10.0 Å². The van der Waals surface area contributed by atoms with Crippen LogP contribution in [0.15, 0.2) is 18.2 Å². The van der Waals surface area contributed by atoms with Crippen LogP contribution in [0, 0.1) is 0 Å². The van der Waals surface area contributed by atoms with Crippen molar-refractivity contribution in [3.63, 3.8) is 0 Å². The maximum atomic E-state index is 6.24. The Hall–Kier alpha value is -1.19. The van der Waals surface area contributed by atoms with Crippen LogP contribution >= 0.6 is 23.2 Å². The third-order valence-electron chi connectivity index (χ3n) is 3.48. The number of rotatable bonds is 3. The molecule has 0 amide bonds. The average Bonchev–Trinajstić information content (AvgIpc) is 3.17. The molecule has 0 saturated heterocycles. The average molecular weight is 296 g/mol. The Bertz CT molecular complexity index is 630. The van der Waals surface area contributed by atoms with Gasteiger partial charge in [-0.1, -0.05) is 23.2 Å². The van der Waals surface area contributed by atoms with Gasteiger partial charge in [-0.05, 0) is 38.0 Å². The van der Waals surface area contributed by atoms with Gasteiger partial charge >= 0.3 is 0 Å². The van der Waals surface area contributed by atoms with Crippen LogP contribution < -0.4 is 5.73 Å². The molecule has 3 rings (SSSR count). The molecule has 0 bridgehead atoms. The summed E-state index contributed by atoms with van der Waals surface area (Å²) >= 11 is 12.3. The molecule has 1 saturated carbocycles. The van der Waals surface area contributed by atoms with Crippen LogP contribution in [-0.4, -0.2) is 9.55 Å². The van der Waals surface area contributed by atoms with Gasteiger partial charge in [0.1, 0.15) is 17.3 Å². The van der Waals surface area contributed by atoms with Crippen LogP contribution in [0.25, 0.3) is 11.3 Å². The molecule has 2 N–H and O–H groups in total. The van der Waals surface area contributed by atoms with Gasteiger partial charge in [-0.15, -0.1) is 0 Å². The predicted octanol–water partition coefficient (Wildman–Crippen LogP) is 4.34. The molecular weight excluding hydrogens is 281 g/mol. The minimum Gasteiger partial charge on any atom is -0.383 e. The Morgan fingerprint density at radius 1 is 1.37 bits per heavy atom. The van der Waals surface area contributed by atoms with Crippen LogP contribution in [0.5, 0.6) is 0 Å². The van der Waals surface area contributed by atoms with E-state index >= 15 is 0 Å². The molecule has 0 spiro atoms. The number of benzene rings is 1. The van der Waals surface area contributed by atoms with E-state index in [-0.39, 0.29) is 0 Å². The molecule has 19 heavy (non-hydrogen) atoms. The quantitative estimate of drug-likeness (QED) is 0.915. The zero-order valence-corrected chi connectivity index (χ0v) is 12.2. The lowest BCUT2D eigenvalue weighted by molar-refractivity contribution is 0.708. The second-order valence-electron chi connectivity index (χ2n) is 4.85. The van der Waals surface area contributed by atoms with Gasteiger partial charge in [-0.2, -0.15) is 0 Å². The number of aromatic nitrogens is 2. The summed E-state index contributed by atoms with van der Waals surface area (Å²) in [4.78, 5) is 4.71. The molecule has 1 aromatic heterocycles. The summed E-state index contributed by atoms with van der Waals surface area (Å²) in [7, 11) is 0. The first-order valence-corrected chi connectivity index (χ1v) is 7.18. The summed E-state index contributed by atoms with van der Waals surface area (Å²) in [5.74, 6) is 2.30. The van der Waals surface area contributed by atoms with E-state index in [9.17, 15) is 0 Å². The normalized spacial score (nSPS) is 14.9. The number of nitrogen functional groups attached to an aromatic ring is 1. The fraction of sp³-hybridized carbons (Fsp3) is 0.357. The third-order valence-corrected chi connectivity index (χ3v) is 4.04. The summed E-state index contributed by atoms with van der Waals surface area (Å²) in [6.45, 7) is 2.90. The minimum atomic E-state index is 0.550. The predicted molar refractivity (Wildman–Crippen MR) is 79.7 cm³/mol. The molecule has 0 atom stereocenters. The molecule has 1 heterocycles. The van der Waals surface area contributed by atoms with E-state index in [4.69, 9.17) is 33.9 Å². The second kappa shape index (κ2) is 4.73. The zero-order valence-electron chi connectivity index (χ0n) is 10.7. The molecule has 1 aliphatic carbocycles. The zero-order chi connectivity index (χ0) is 13.6. The maximum Gasteiger partial charge on any atom is 0.131 e. The Labute approximate surface area is 122 Å². The van der Waals surface area contributed by atoms with Crippen molar-refractivity contribution in [3.05, 3.63) is 34.1 Å². The van der Waals surface area contributed by atoms with E-state index in [2.05, 4.69) is 11.5 Å². The SMILES string of the molecule is CCn1c(C2CC2)nc(-c2cc(Cl)ccc2Cl)c1N. The van der Waals surface area contributed by atoms with E-state index in [1.807, 2.05) is 6.07 Å². The van der Waals surface area contributed by atoms with E-state index in [1.54, 1.807) is 12.1 Å². The molecule has 100 valence electrons. The Morgan fingerprint density at radius 3 is 2.74 bits per heavy atom. The highest BCUT2D eigenvalue weighted by Gasteiger charge is 2.30. The Balaban J connectivity index is 2.17. The van der Waals surface area contributed by atoms with Gasteiger partial charge in [0.2, 0.25) is 0 Å². The van der Waals surface area contributed by atoms with Gasteiger partial charge in [-0.25, -0.2) is 4.98 Å². The highest BCUT2D eigenvalue weighted by molar-refractivity contribution is 6.35. The van der Waals surface area contributed by atoms with Crippen LogP contribution in [0.4, 0.5) is 5.82 Å². The van der Waals surface area contributed by atoms with E-state index in [1.165, 1.54) is 12.8 Å². The molecule has 2 aromatic rings. The summed E-state index contributed by atoms with van der Waals surface area (Å²) in [5.41, 5.74) is 7.78. The van der Waals surface area contributed by atoms with Crippen molar-refractivity contribution in [1.29, 1.82) is 0 Å². The van der Waals surface area contributed by atoms with Gasteiger partial charge in [0, 0.05) is 23.0 Å². The van der Waals surface area contributed by atoms with Crippen molar-refractivity contribution in [3.8, 4) is 11.3 Å². The highest BCUT2D eigenvalue weighted by atomic mass is 35.5. The van der Waals surface area contributed by atoms with Crippen molar-refractivity contribution in [2.45, 2.75) is 32.2 Å². The number of nitrogens with two attached hydrogens (primary N) is 1. The van der Waals surface area contributed by atoms with Gasteiger partial charge in [0.25, 0.3) is 0 Å². The number of hydrogen-bond donors (Lipinski definition) is 1. The van der Waals surface area contributed by atoms with E-state index in [0.717, 1.165) is 23.6 Å². The minimum absolute atomic E-state index is 0.550. The van der Waals surface area contributed by atoms with Gasteiger partial charge < -0.3 is 10.3 Å². The van der Waals surface area contributed by atoms with E-state index < -0.39 is 0 Å². The van der Waals surface area contributed by atoms with Crippen molar-refractivity contribution < 1.29 is 0 Å². The second-order valence-corrected chi connectivity index (χ2v) is 5.69. The van der Waals surface area contributed by atoms with Gasteiger partial charge in [0.05, 0.1) is 5.02 Å². The molecule has 3 nitrogen and oxygen atoms in total. The first-order valence-electron chi connectivity index (χ1n) is 6.43. The molecule has 1 aromatic carbocycles. The Kier molecular flexibility index (Phi) is 3.19. The topological polar surface area (TPSA) is 43.8 Å². The summed E-state index contributed by atoms with van der Waals surface area (Å²) in [6.07, 6.45) is 2.39. The summed E-state index contributed by atoms with van der Waals surface area (Å²) < 4.78 is 2.07. The molecule has 5 heteroatoms. The monoisotopic (exact) mass is 295 g/mol. The first kappa shape index (κ1) is 12.8. The van der Waals surface area contributed by atoms with Crippen molar-refractivity contribution >= 4 is 29.0 Å². The summed E-state index contributed by atoms with van der Waals surface area (Å²) in [6, 6.07) is 5.36. The fourth-order valence-electron chi connectivity index (χ4n) is 2.35. The lowest BCUT2D eigenvalue weighted by Crippen LogP contribution is -2.04. The highest BCUT2D eigenvalue weighted by Crippen LogP contribution is 2.43. The van der Waals surface area contributed by atoms with Crippen molar-refractivity contribution in [2.24, 2.45) is 0 Å². The van der Waals surface area contributed by atoms with Crippen molar-refractivity contribution in [1.82, 2.24) is 9.55 Å². The van der Waals surface area contributed by atoms with Gasteiger partial charge in [-0.3, -0.25) is 0 Å². The number of hydrogen-bond acceptors (Lipinski definition) is 2. The Morgan fingerprint density at radius 2 is 2.11 bits per heavy atom.